The standard InChI is InChI=1S/C29H35N9O2/c1-3-27(39)37-17-16-36(18-21(37)9-11-30)28-23-10-14-35(26-8-4-7-25-31-12-15-38(25)26)19-24(23)32-29(33-28)40-20-22-6-5-13-34(22)2/h3-4,7-8,12,15,21-22H,1,5-6,9-10,13-14,16-20H2,2H3/t21-,22-/m0/s1. The molecule has 0 aliphatic carbocycles. The van der Waals surface area contributed by atoms with Crippen molar-refractivity contribution in [2.45, 2.75) is 44.3 Å². The smallest absolute Gasteiger partial charge is 0.318 e. The summed E-state index contributed by atoms with van der Waals surface area (Å²) < 4.78 is 8.35. The molecule has 40 heavy (non-hydrogen) atoms. The molecule has 3 aromatic heterocycles. The lowest BCUT2D eigenvalue weighted by Gasteiger charge is -2.42. The van der Waals surface area contributed by atoms with Gasteiger partial charge in [0.2, 0.25) is 5.91 Å². The summed E-state index contributed by atoms with van der Waals surface area (Å²) in [5.74, 6) is 1.79. The molecule has 1 amide bonds. The van der Waals surface area contributed by atoms with Gasteiger partial charge in [-0.1, -0.05) is 12.6 Å². The van der Waals surface area contributed by atoms with Gasteiger partial charge >= 0.3 is 6.01 Å². The van der Waals surface area contributed by atoms with Crippen LogP contribution in [-0.2, 0) is 17.8 Å². The number of imidazole rings is 1. The highest BCUT2D eigenvalue weighted by atomic mass is 16.5. The maximum atomic E-state index is 12.5. The lowest BCUT2D eigenvalue weighted by Crippen LogP contribution is -2.55. The Kier molecular flexibility index (Phi) is 7.26. The van der Waals surface area contributed by atoms with E-state index in [1.54, 1.807) is 4.90 Å². The number of rotatable bonds is 7. The van der Waals surface area contributed by atoms with Gasteiger partial charge < -0.3 is 24.3 Å². The van der Waals surface area contributed by atoms with Crippen molar-refractivity contribution in [3.63, 3.8) is 0 Å². The van der Waals surface area contributed by atoms with Crippen LogP contribution in [0.3, 0.4) is 0 Å². The molecule has 11 heteroatoms. The van der Waals surface area contributed by atoms with Crippen molar-refractivity contribution in [2.75, 3.05) is 56.2 Å². The Labute approximate surface area is 234 Å². The second kappa shape index (κ2) is 11.1. The van der Waals surface area contributed by atoms with E-state index in [1.165, 1.54) is 12.5 Å². The number of carbonyl (C=O) groups excluding carboxylic acids is 1. The molecule has 6 rings (SSSR count). The predicted molar refractivity (Wildman–Crippen MR) is 151 cm³/mol. The first kappa shape index (κ1) is 26.1. The second-order valence-corrected chi connectivity index (χ2v) is 10.8. The van der Waals surface area contributed by atoms with Crippen molar-refractivity contribution < 1.29 is 9.53 Å². The van der Waals surface area contributed by atoms with Gasteiger partial charge in [-0.2, -0.15) is 15.2 Å². The number of pyridine rings is 1. The number of hydrogen-bond acceptors (Lipinski definition) is 9. The first-order valence-corrected chi connectivity index (χ1v) is 14.0. The summed E-state index contributed by atoms with van der Waals surface area (Å²) in [6, 6.07) is 8.91. The third kappa shape index (κ3) is 4.95. The number of likely N-dealkylation sites (tertiary alicyclic amines) is 1. The molecule has 0 bridgehead atoms. The van der Waals surface area contributed by atoms with Crippen molar-refractivity contribution in [1.29, 1.82) is 5.26 Å². The molecular weight excluding hydrogens is 506 g/mol. The number of nitrogens with zero attached hydrogens (tertiary/aromatic N) is 9. The van der Waals surface area contributed by atoms with E-state index in [4.69, 9.17) is 14.7 Å². The minimum Gasteiger partial charge on any atom is -0.462 e. The van der Waals surface area contributed by atoms with E-state index in [2.05, 4.69) is 49.8 Å². The van der Waals surface area contributed by atoms with Crippen LogP contribution < -0.4 is 14.5 Å². The average Bonchev–Trinajstić information content (AvgIpc) is 3.63. The van der Waals surface area contributed by atoms with Crippen LogP contribution in [0.2, 0.25) is 0 Å². The summed E-state index contributed by atoms with van der Waals surface area (Å²) in [5, 5.41) is 9.48. The van der Waals surface area contributed by atoms with Gasteiger partial charge in [-0.3, -0.25) is 9.20 Å². The number of carbonyl (C=O) groups is 1. The maximum Gasteiger partial charge on any atom is 0.318 e. The van der Waals surface area contributed by atoms with Gasteiger partial charge in [-0.05, 0) is 51.1 Å². The van der Waals surface area contributed by atoms with E-state index in [0.29, 0.717) is 44.8 Å². The highest BCUT2D eigenvalue weighted by molar-refractivity contribution is 5.87. The molecule has 2 atom stereocenters. The van der Waals surface area contributed by atoms with E-state index < -0.39 is 0 Å². The van der Waals surface area contributed by atoms with Gasteiger partial charge in [0.15, 0.2) is 0 Å². The SMILES string of the molecule is C=CC(=O)N1CCN(c2nc(OC[C@@H]3CCCN3C)nc3c2CCN(c2cccc4nccn24)C3)C[C@@H]1CC#N. The molecule has 3 aromatic rings. The zero-order valence-corrected chi connectivity index (χ0v) is 22.9. The Morgan fingerprint density at radius 1 is 1.20 bits per heavy atom. The predicted octanol–water partition coefficient (Wildman–Crippen LogP) is 2.28. The first-order chi connectivity index (χ1) is 19.6. The highest BCUT2D eigenvalue weighted by Crippen LogP contribution is 2.32. The number of likely N-dealkylation sites (N-methyl/N-ethyl adjacent to an activating group) is 1. The molecule has 208 valence electrons. The van der Waals surface area contributed by atoms with E-state index in [1.807, 2.05) is 24.5 Å². The molecule has 0 spiro atoms. The van der Waals surface area contributed by atoms with E-state index in [0.717, 1.165) is 54.5 Å². The Bertz CT molecular complexity index is 1450. The summed E-state index contributed by atoms with van der Waals surface area (Å²) in [4.78, 5) is 35.4. The van der Waals surface area contributed by atoms with Gasteiger partial charge in [-0.25, -0.2) is 4.98 Å². The third-order valence-corrected chi connectivity index (χ3v) is 8.40. The largest absolute Gasteiger partial charge is 0.462 e. The molecule has 3 aliphatic heterocycles. The van der Waals surface area contributed by atoms with E-state index >= 15 is 0 Å². The zero-order valence-electron chi connectivity index (χ0n) is 22.9. The molecule has 0 aromatic carbocycles. The van der Waals surface area contributed by atoms with Gasteiger partial charge in [-0.15, -0.1) is 0 Å². The fourth-order valence-electron chi connectivity index (χ4n) is 6.20. The number of hydrogen-bond donors (Lipinski definition) is 0. The number of nitriles is 1. The van der Waals surface area contributed by atoms with Crippen LogP contribution in [0.4, 0.5) is 11.6 Å². The highest BCUT2D eigenvalue weighted by Gasteiger charge is 2.33. The third-order valence-electron chi connectivity index (χ3n) is 8.40. The number of fused-ring (bicyclic) bond motifs is 2. The lowest BCUT2D eigenvalue weighted by atomic mass is 10.0. The molecule has 6 heterocycles. The first-order valence-electron chi connectivity index (χ1n) is 14.0. The molecule has 0 saturated carbocycles. The molecule has 0 radical (unpaired) electrons. The van der Waals surface area contributed by atoms with Gasteiger partial charge in [0.25, 0.3) is 0 Å². The van der Waals surface area contributed by atoms with E-state index in [-0.39, 0.29) is 18.4 Å². The number of piperazine rings is 1. The monoisotopic (exact) mass is 541 g/mol. The molecule has 2 fully saturated rings. The lowest BCUT2D eigenvalue weighted by molar-refractivity contribution is -0.128. The van der Waals surface area contributed by atoms with Crippen molar-refractivity contribution >= 4 is 23.2 Å². The number of anilines is 2. The van der Waals surface area contributed by atoms with Crippen LogP contribution >= 0.6 is 0 Å². The summed E-state index contributed by atoms with van der Waals surface area (Å²) in [5.41, 5.74) is 2.97. The fourth-order valence-corrected chi connectivity index (χ4v) is 6.20. The molecule has 11 nitrogen and oxygen atoms in total. The Morgan fingerprint density at radius 2 is 2.10 bits per heavy atom. The van der Waals surface area contributed by atoms with Crippen molar-refractivity contribution in [1.82, 2.24) is 29.2 Å². The summed E-state index contributed by atoms with van der Waals surface area (Å²) in [7, 11) is 2.13. The van der Waals surface area contributed by atoms with Crippen molar-refractivity contribution in [3.05, 3.63) is 54.5 Å². The minimum atomic E-state index is -0.231. The Morgan fingerprint density at radius 3 is 2.90 bits per heavy atom. The zero-order chi connectivity index (χ0) is 27.6. The van der Waals surface area contributed by atoms with Crippen LogP contribution in [-0.4, -0.2) is 93.5 Å². The summed E-state index contributed by atoms with van der Waals surface area (Å²) in [6.07, 6.45) is 8.43. The minimum absolute atomic E-state index is 0.140. The number of ether oxygens (including phenoxy) is 1. The summed E-state index contributed by atoms with van der Waals surface area (Å²) in [6.45, 7) is 8.35. The van der Waals surface area contributed by atoms with E-state index in [9.17, 15) is 10.1 Å². The second-order valence-electron chi connectivity index (χ2n) is 10.8. The van der Waals surface area contributed by atoms with Crippen molar-refractivity contribution in [2.24, 2.45) is 0 Å². The average molecular weight is 542 g/mol. The topological polar surface area (TPSA) is 106 Å². The van der Waals surface area contributed by atoms with Gasteiger partial charge in [0.05, 0.1) is 30.8 Å². The van der Waals surface area contributed by atoms with Gasteiger partial charge in [0.1, 0.15) is 23.9 Å². The van der Waals surface area contributed by atoms with Crippen LogP contribution in [0.5, 0.6) is 6.01 Å². The van der Waals surface area contributed by atoms with Gasteiger partial charge in [0, 0.05) is 50.2 Å². The normalized spacial score (nSPS) is 21.4. The van der Waals surface area contributed by atoms with Crippen LogP contribution in [0.25, 0.3) is 5.65 Å². The molecule has 2 saturated heterocycles. The molecule has 0 N–H and O–H groups in total. The van der Waals surface area contributed by atoms with Crippen LogP contribution in [0.15, 0.2) is 43.2 Å². The molecule has 0 unspecified atom stereocenters. The Hall–Kier alpha value is -4.17. The number of amides is 1. The Balaban J connectivity index is 1.32. The van der Waals surface area contributed by atoms with Crippen LogP contribution in [0, 0.1) is 11.3 Å². The number of aromatic nitrogens is 4. The van der Waals surface area contributed by atoms with Crippen molar-refractivity contribution in [3.8, 4) is 12.1 Å². The quantitative estimate of drug-likeness (QED) is 0.417. The summed E-state index contributed by atoms with van der Waals surface area (Å²) >= 11 is 0. The maximum absolute atomic E-state index is 12.5. The molecular formula is C29H35N9O2. The van der Waals surface area contributed by atoms with Crippen LogP contribution in [0.1, 0.15) is 30.5 Å². The fraction of sp³-hybridized carbons (Fsp3) is 0.483. The molecule has 3 aliphatic rings.